The van der Waals surface area contributed by atoms with Crippen molar-refractivity contribution in [2.45, 2.75) is 0 Å². The number of para-hydroxylation sites is 2. The summed E-state index contributed by atoms with van der Waals surface area (Å²) in [4.78, 5) is 0. The summed E-state index contributed by atoms with van der Waals surface area (Å²) in [6, 6.07) is 6.73. The Morgan fingerprint density at radius 2 is 1.93 bits per heavy atom. The van der Waals surface area contributed by atoms with Gasteiger partial charge in [-0.25, -0.2) is 0 Å². The van der Waals surface area contributed by atoms with Crippen molar-refractivity contribution >= 4 is 23.6 Å². The maximum absolute atomic E-state index is 9.56. The lowest BCUT2D eigenvalue weighted by Crippen LogP contribution is -1.92. The van der Waals surface area contributed by atoms with Gasteiger partial charge in [0.2, 0.25) is 5.88 Å². The molecule has 0 saturated carbocycles. The van der Waals surface area contributed by atoms with E-state index in [0.717, 1.165) is 0 Å². The van der Waals surface area contributed by atoms with E-state index in [1.807, 2.05) is 0 Å². The van der Waals surface area contributed by atoms with E-state index in [1.54, 1.807) is 24.3 Å². The largest absolute Gasteiger partial charge is 0.506 e. The van der Waals surface area contributed by atoms with Crippen molar-refractivity contribution in [3.8, 4) is 17.3 Å². The van der Waals surface area contributed by atoms with E-state index in [1.165, 1.54) is 21.3 Å². The normalized spacial score (nSPS) is 10.3. The molecule has 3 nitrogen and oxygen atoms in total. The van der Waals surface area contributed by atoms with Gasteiger partial charge in [0.25, 0.3) is 0 Å². The number of aromatic hydroxyl groups is 2. The van der Waals surface area contributed by atoms with Crippen molar-refractivity contribution < 1.29 is 10.2 Å². The summed E-state index contributed by atoms with van der Waals surface area (Å²) in [7, 11) is 0. The van der Waals surface area contributed by atoms with Crippen LogP contribution in [-0.4, -0.2) is 14.8 Å². The summed E-state index contributed by atoms with van der Waals surface area (Å²) < 4.78 is 1.93. The van der Waals surface area contributed by atoms with E-state index in [2.05, 4.69) is 0 Å². The average Bonchev–Trinajstić information content (AvgIpc) is 2.48. The van der Waals surface area contributed by atoms with Gasteiger partial charge >= 0.3 is 0 Å². The Kier molecular flexibility index (Phi) is 2.26. The van der Waals surface area contributed by atoms with Gasteiger partial charge in [0, 0.05) is 0 Å². The maximum atomic E-state index is 9.56. The van der Waals surface area contributed by atoms with Gasteiger partial charge < -0.3 is 10.2 Å². The molecule has 72 valence electrons. The van der Waals surface area contributed by atoms with Crippen molar-refractivity contribution in [3.05, 3.63) is 33.6 Å². The Balaban J connectivity index is 2.72. The summed E-state index contributed by atoms with van der Waals surface area (Å²) in [6.45, 7) is 0. The quantitative estimate of drug-likeness (QED) is 0.733. The van der Waals surface area contributed by atoms with Crippen molar-refractivity contribution in [2.75, 3.05) is 0 Å². The molecule has 1 heterocycles. The highest BCUT2D eigenvalue weighted by molar-refractivity contribution is 7.73. The number of hydrogen-bond acceptors (Lipinski definition) is 4. The molecule has 0 radical (unpaired) electrons. The summed E-state index contributed by atoms with van der Waals surface area (Å²) in [5, 5.41) is 20.6. The van der Waals surface area contributed by atoms with E-state index >= 15 is 0 Å². The number of aromatic nitrogens is 1. The lowest BCUT2D eigenvalue weighted by Gasteiger charge is -2.05. The minimum absolute atomic E-state index is 0.0431. The predicted octanol–water partition coefficient (Wildman–Crippen LogP) is 2.68. The van der Waals surface area contributed by atoms with Gasteiger partial charge in [-0.15, -0.1) is 11.3 Å². The molecule has 0 aliphatic heterocycles. The first-order valence-corrected chi connectivity index (χ1v) is 5.17. The minimum Gasteiger partial charge on any atom is -0.506 e. The fourth-order valence-corrected chi connectivity index (χ4v) is 2.12. The van der Waals surface area contributed by atoms with E-state index < -0.39 is 0 Å². The third-order valence-corrected chi connectivity index (χ3v) is 2.98. The Morgan fingerprint density at radius 1 is 1.21 bits per heavy atom. The second-order valence-electron chi connectivity index (χ2n) is 2.68. The first-order valence-electron chi connectivity index (χ1n) is 3.88. The monoisotopic (exact) mass is 225 g/mol. The van der Waals surface area contributed by atoms with Crippen LogP contribution >= 0.6 is 23.6 Å². The molecule has 0 spiro atoms. The van der Waals surface area contributed by atoms with E-state index in [4.69, 9.17) is 12.2 Å². The van der Waals surface area contributed by atoms with Crippen LogP contribution in [0.15, 0.2) is 29.6 Å². The minimum atomic E-state index is 0.0431. The molecule has 0 unspecified atom stereocenters. The molecule has 0 atom stereocenters. The van der Waals surface area contributed by atoms with Crippen LogP contribution < -0.4 is 0 Å². The Hall–Kier alpha value is -1.33. The number of phenols is 1. The van der Waals surface area contributed by atoms with E-state index in [0.29, 0.717) is 9.64 Å². The smallest absolute Gasteiger partial charge is 0.207 e. The lowest BCUT2D eigenvalue weighted by molar-refractivity contribution is 0.433. The Labute approximate surface area is 89.5 Å². The molecule has 0 bridgehead atoms. The van der Waals surface area contributed by atoms with Crippen LogP contribution in [0, 0.1) is 3.95 Å². The summed E-state index contributed by atoms with van der Waals surface area (Å²) in [5.41, 5.74) is 0.497. The molecule has 1 aromatic heterocycles. The molecule has 0 aliphatic carbocycles. The SMILES string of the molecule is Oc1ccccc1-n1c(O)csc1=S. The summed E-state index contributed by atoms with van der Waals surface area (Å²) >= 11 is 6.28. The number of thiazole rings is 1. The van der Waals surface area contributed by atoms with E-state index in [-0.39, 0.29) is 11.6 Å². The van der Waals surface area contributed by atoms with Gasteiger partial charge in [0.1, 0.15) is 5.75 Å². The van der Waals surface area contributed by atoms with Gasteiger partial charge in [-0.3, -0.25) is 4.57 Å². The van der Waals surface area contributed by atoms with Gasteiger partial charge in [-0.2, -0.15) is 0 Å². The molecule has 0 amide bonds. The van der Waals surface area contributed by atoms with Crippen LogP contribution in [0.5, 0.6) is 11.6 Å². The lowest BCUT2D eigenvalue weighted by atomic mass is 10.3. The maximum Gasteiger partial charge on any atom is 0.207 e. The van der Waals surface area contributed by atoms with Gasteiger partial charge in [-0.05, 0) is 24.4 Å². The topological polar surface area (TPSA) is 45.4 Å². The first-order chi connectivity index (χ1) is 6.70. The molecule has 5 heteroatoms. The average molecular weight is 225 g/mol. The second-order valence-corrected chi connectivity index (χ2v) is 4.19. The molecule has 2 aromatic rings. The zero-order valence-electron chi connectivity index (χ0n) is 7.04. The van der Waals surface area contributed by atoms with Crippen molar-refractivity contribution in [1.82, 2.24) is 4.57 Å². The van der Waals surface area contributed by atoms with Crippen LogP contribution in [0.4, 0.5) is 0 Å². The zero-order chi connectivity index (χ0) is 10.1. The van der Waals surface area contributed by atoms with Crippen LogP contribution in [-0.2, 0) is 0 Å². The summed E-state index contributed by atoms with van der Waals surface area (Å²) in [6.07, 6.45) is 0. The molecule has 0 aliphatic rings. The molecular weight excluding hydrogens is 218 g/mol. The van der Waals surface area contributed by atoms with Crippen LogP contribution in [0.1, 0.15) is 0 Å². The third kappa shape index (κ3) is 1.40. The number of rotatable bonds is 1. The molecule has 1 aromatic carbocycles. The van der Waals surface area contributed by atoms with Crippen LogP contribution in [0.2, 0.25) is 0 Å². The number of phenolic OH excluding ortho intramolecular Hbond substituents is 1. The molecule has 0 fully saturated rings. The molecule has 14 heavy (non-hydrogen) atoms. The fraction of sp³-hybridized carbons (Fsp3) is 0. The summed E-state index contributed by atoms with van der Waals surface area (Å²) in [5.74, 6) is 0.138. The predicted molar refractivity (Wildman–Crippen MR) is 57.8 cm³/mol. The van der Waals surface area contributed by atoms with Gasteiger partial charge in [0.05, 0.1) is 11.1 Å². The highest BCUT2D eigenvalue weighted by Gasteiger charge is 2.08. The van der Waals surface area contributed by atoms with Gasteiger partial charge in [0.15, 0.2) is 3.95 Å². The standard InChI is InChI=1S/C9H7NO2S2/c11-7-4-2-1-3-6(7)10-8(12)5-14-9(10)13/h1-5,11-12H. The van der Waals surface area contributed by atoms with Crippen molar-refractivity contribution in [2.24, 2.45) is 0 Å². The van der Waals surface area contributed by atoms with E-state index in [9.17, 15) is 10.2 Å². The second kappa shape index (κ2) is 3.43. The number of nitrogens with zero attached hydrogens (tertiary/aromatic N) is 1. The van der Waals surface area contributed by atoms with Crippen molar-refractivity contribution in [3.63, 3.8) is 0 Å². The number of benzene rings is 1. The highest BCUT2D eigenvalue weighted by atomic mass is 32.1. The molecular formula is C9H7NO2S2. The first kappa shape index (κ1) is 9.23. The molecule has 0 saturated heterocycles. The van der Waals surface area contributed by atoms with Gasteiger partial charge in [-0.1, -0.05) is 12.1 Å². The fourth-order valence-electron chi connectivity index (χ4n) is 1.18. The number of hydrogen-bond donors (Lipinski definition) is 2. The van der Waals surface area contributed by atoms with Crippen LogP contribution in [0.3, 0.4) is 0 Å². The Morgan fingerprint density at radius 3 is 2.50 bits per heavy atom. The molecule has 2 N–H and O–H groups in total. The zero-order valence-corrected chi connectivity index (χ0v) is 8.68. The van der Waals surface area contributed by atoms with Crippen LogP contribution in [0.25, 0.3) is 5.69 Å². The highest BCUT2D eigenvalue weighted by Crippen LogP contribution is 2.28. The third-order valence-electron chi connectivity index (χ3n) is 1.80. The van der Waals surface area contributed by atoms with Crippen molar-refractivity contribution in [1.29, 1.82) is 0 Å². The Bertz CT molecular complexity index is 516. The molecule has 2 rings (SSSR count).